The zero-order valence-corrected chi connectivity index (χ0v) is 17.0. The van der Waals surface area contributed by atoms with Gasteiger partial charge in [-0.05, 0) is 12.0 Å². The Bertz CT molecular complexity index is 1090. The molecular weight excluding hydrogens is 380 g/mol. The van der Waals surface area contributed by atoms with Crippen molar-refractivity contribution in [2.24, 2.45) is 0 Å². The normalized spacial score (nSPS) is 10.8. The Morgan fingerprint density at radius 1 is 1.07 bits per heavy atom. The number of hydrogen-bond donors (Lipinski definition) is 1. The highest BCUT2D eigenvalue weighted by Crippen LogP contribution is 2.21. The molecule has 0 aliphatic carbocycles. The smallest absolute Gasteiger partial charge is 0.255 e. The minimum Gasteiger partial charge on any atom is -0.345 e. The standard InChI is InChI=1S/C23H22N4OS/c1-2-21-19(13-25-27(21)15-17-9-5-3-6-10-17)23(28)24-14-22-26-20(16-29-22)18-11-7-4-8-12-18/h3-13,16H,2,14-15H2,1H3,(H,24,28). The van der Waals surface area contributed by atoms with E-state index in [-0.39, 0.29) is 5.91 Å². The molecule has 0 radical (unpaired) electrons. The number of nitrogens with zero attached hydrogens (tertiary/aromatic N) is 3. The third-order valence-corrected chi connectivity index (χ3v) is 5.57. The van der Waals surface area contributed by atoms with Crippen LogP contribution in [0.3, 0.4) is 0 Å². The van der Waals surface area contributed by atoms with Gasteiger partial charge in [0, 0.05) is 10.9 Å². The van der Waals surface area contributed by atoms with E-state index in [0.29, 0.717) is 18.7 Å². The second kappa shape index (κ2) is 8.84. The van der Waals surface area contributed by atoms with Crippen LogP contribution in [0, 0.1) is 0 Å². The van der Waals surface area contributed by atoms with Crippen LogP contribution in [0.1, 0.15) is 33.5 Å². The van der Waals surface area contributed by atoms with Crippen molar-refractivity contribution in [1.82, 2.24) is 20.1 Å². The van der Waals surface area contributed by atoms with Crippen molar-refractivity contribution in [1.29, 1.82) is 0 Å². The molecule has 0 fully saturated rings. The number of benzene rings is 2. The molecule has 0 saturated heterocycles. The minimum atomic E-state index is -0.113. The van der Waals surface area contributed by atoms with E-state index in [0.717, 1.165) is 33.9 Å². The number of carbonyl (C=O) groups is 1. The average Bonchev–Trinajstić information content (AvgIpc) is 3.40. The van der Waals surface area contributed by atoms with Gasteiger partial charge in [-0.1, -0.05) is 67.6 Å². The molecule has 0 aliphatic rings. The van der Waals surface area contributed by atoms with Crippen LogP contribution in [0.2, 0.25) is 0 Å². The monoisotopic (exact) mass is 402 g/mol. The summed E-state index contributed by atoms with van der Waals surface area (Å²) in [6.07, 6.45) is 2.40. The third kappa shape index (κ3) is 4.43. The summed E-state index contributed by atoms with van der Waals surface area (Å²) in [7, 11) is 0. The molecule has 2 aromatic heterocycles. The molecule has 6 heteroatoms. The fourth-order valence-corrected chi connectivity index (χ4v) is 3.99. The van der Waals surface area contributed by atoms with Gasteiger partial charge in [0.05, 0.1) is 36.2 Å². The Morgan fingerprint density at radius 2 is 1.79 bits per heavy atom. The topological polar surface area (TPSA) is 59.8 Å². The van der Waals surface area contributed by atoms with Crippen LogP contribution >= 0.6 is 11.3 Å². The number of nitrogens with one attached hydrogen (secondary N) is 1. The number of aromatic nitrogens is 3. The molecule has 4 aromatic rings. The first-order valence-electron chi connectivity index (χ1n) is 9.61. The molecule has 1 N–H and O–H groups in total. The van der Waals surface area contributed by atoms with Gasteiger partial charge in [-0.25, -0.2) is 4.98 Å². The van der Waals surface area contributed by atoms with Gasteiger partial charge in [-0.15, -0.1) is 11.3 Å². The van der Waals surface area contributed by atoms with Crippen LogP contribution in [-0.4, -0.2) is 20.7 Å². The van der Waals surface area contributed by atoms with Gasteiger partial charge in [0.15, 0.2) is 0 Å². The van der Waals surface area contributed by atoms with Crippen molar-refractivity contribution in [2.75, 3.05) is 0 Å². The van der Waals surface area contributed by atoms with E-state index in [1.807, 2.05) is 65.5 Å². The first kappa shape index (κ1) is 19.1. The predicted octanol–water partition coefficient (Wildman–Crippen LogP) is 4.55. The molecule has 0 saturated carbocycles. The summed E-state index contributed by atoms with van der Waals surface area (Å²) in [5.74, 6) is -0.113. The van der Waals surface area contributed by atoms with E-state index in [4.69, 9.17) is 0 Å². The van der Waals surface area contributed by atoms with Gasteiger partial charge in [0.25, 0.3) is 5.91 Å². The number of amides is 1. The highest BCUT2D eigenvalue weighted by atomic mass is 32.1. The lowest BCUT2D eigenvalue weighted by Crippen LogP contribution is -2.23. The van der Waals surface area contributed by atoms with Crippen LogP contribution in [0.4, 0.5) is 0 Å². The number of thiazole rings is 1. The molecular formula is C23H22N4OS. The average molecular weight is 403 g/mol. The Kier molecular flexibility index (Phi) is 5.81. The maximum absolute atomic E-state index is 12.8. The first-order chi connectivity index (χ1) is 14.2. The van der Waals surface area contributed by atoms with E-state index >= 15 is 0 Å². The van der Waals surface area contributed by atoms with Crippen molar-refractivity contribution in [3.63, 3.8) is 0 Å². The van der Waals surface area contributed by atoms with Gasteiger partial charge in [0.1, 0.15) is 5.01 Å². The molecule has 0 atom stereocenters. The summed E-state index contributed by atoms with van der Waals surface area (Å²) in [5, 5.41) is 10.3. The number of carbonyl (C=O) groups excluding carboxylic acids is 1. The zero-order valence-electron chi connectivity index (χ0n) is 16.2. The van der Waals surface area contributed by atoms with Gasteiger partial charge < -0.3 is 5.32 Å². The molecule has 4 rings (SSSR count). The van der Waals surface area contributed by atoms with E-state index in [1.54, 1.807) is 17.5 Å². The molecule has 2 heterocycles. The van der Waals surface area contributed by atoms with Crippen molar-refractivity contribution in [3.05, 3.63) is 94.1 Å². The largest absolute Gasteiger partial charge is 0.345 e. The highest BCUT2D eigenvalue weighted by Gasteiger charge is 2.17. The Morgan fingerprint density at radius 3 is 2.52 bits per heavy atom. The van der Waals surface area contributed by atoms with Crippen LogP contribution in [0.15, 0.2) is 72.2 Å². The zero-order chi connectivity index (χ0) is 20.1. The Balaban J connectivity index is 1.43. The van der Waals surface area contributed by atoms with E-state index in [1.165, 1.54) is 0 Å². The van der Waals surface area contributed by atoms with E-state index < -0.39 is 0 Å². The SMILES string of the molecule is CCc1c(C(=O)NCc2nc(-c3ccccc3)cs2)cnn1Cc1ccccc1. The Hall–Kier alpha value is -3.25. The maximum atomic E-state index is 12.8. The fourth-order valence-electron chi connectivity index (χ4n) is 3.25. The summed E-state index contributed by atoms with van der Waals surface area (Å²) in [6.45, 7) is 3.11. The van der Waals surface area contributed by atoms with Crippen molar-refractivity contribution < 1.29 is 4.79 Å². The molecule has 5 nitrogen and oxygen atoms in total. The summed E-state index contributed by atoms with van der Waals surface area (Å²) in [4.78, 5) is 17.4. The molecule has 2 aromatic carbocycles. The minimum absolute atomic E-state index is 0.113. The second-order valence-corrected chi connectivity index (χ2v) is 7.62. The van der Waals surface area contributed by atoms with E-state index in [9.17, 15) is 4.79 Å². The molecule has 0 bridgehead atoms. The van der Waals surface area contributed by atoms with Crippen molar-refractivity contribution in [3.8, 4) is 11.3 Å². The molecule has 0 unspecified atom stereocenters. The third-order valence-electron chi connectivity index (χ3n) is 4.72. The second-order valence-electron chi connectivity index (χ2n) is 6.68. The molecule has 0 spiro atoms. The molecule has 1 amide bonds. The van der Waals surface area contributed by atoms with Crippen LogP contribution in [0.25, 0.3) is 11.3 Å². The number of rotatable bonds is 7. The molecule has 146 valence electrons. The van der Waals surface area contributed by atoms with Crippen LogP contribution in [-0.2, 0) is 19.5 Å². The first-order valence-corrected chi connectivity index (χ1v) is 10.5. The van der Waals surface area contributed by atoms with Crippen molar-refractivity contribution in [2.45, 2.75) is 26.4 Å². The van der Waals surface area contributed by atoms with Crippen LogP contribution in [0.5, 0.6) is 0 Å². The molecule has 0 aliphatic heterocycles. The lowest BCUT2D eigenvalue weighted by molar-refractivity contribution is 0.0950. The van der Waals surface area contributed by atoms with E-state index in [2.05, 4.69) is 27.5 Å². The van der Waals surface area contributed by atoms with Crippen molar-refractivity contribution >= 4 is 17.2 Å². The summed E-state index contributed by atoms with van der Waals surface area (Å²) >= 11 is 1.55. The quantitative estimate of drug-likeness (QED) is 0.493. The van der Waals surface area contributed by atoms with Gasteiger partial charge in [-0.2, -0.15) is 5.10 Å². The highest BCUT2D eigenvalue weighted by molar-refractivity contribution is 7.09. The van der Waals surface area contributed by atoms with Gasteiger partial charge in [0.2, 0.25) is 0 Å². The lowest BCUT2D eigenvalue weighted by Gasteiger charge is -2.08. The predicted molar refractivity (Wildman–Crippen MR) is 116 cm³/mol. The lowest BCUT2D eigenvalue weighted by atomic mass is 10.1. The maximum Gasteiger partial charge on any atom is 0.255 e. The fraction of sp³-hybridized carbons (Fsp3) is 0.174. The summed E-state index contributed by atoms with van der Waals surface area (Å²) in [5.41, 5.74) is 4.74. The molecule has 29 heavy (non-hydrogen) atoms. The van der Waals surface area contributed by atoms with Crippen LogP contribution < -0.4 is 5.32 Å². The summed E-state index contributed by atoms with van der Waals surface area (Å²) in [6, 6.07) is 20.2. The summed E-state index contributed by atoms with van der Waals surface area (Å²) < 4.78 is 1.90. The number of hydrogen-bond acceptors (Lipinski definition) is 4. The Labute approximate surface area is 174 Å². The van der Waals surface area contributed by atoms with Gasteiger partial charge >= 0.3 is 0 Å². The van der Waals surface area contributed by atoms with Gasteiger partial charge in [-0.3, -0.25) is 9.48 Å².